The molecule has 1 aromatic rings. The Kier molecular flexibility index (Phi) is 4.23. The summed E-state index contributed by atoms with van der Waals surface area (Å²) in [5, 5.41) is 3.88. The summed E-state index contributed by atoms with van der Waals surface area (Å²) in [4.78, 5) is 11.0. The van der Waals surface area contributed by atoms with Gasteiger partial charge in [0.2, 0.25) is 5.91 Å². The Morgan fingerprint density at radius 1 is 1.36 bits per heavy atom. The molecule has 0 heterocycles. The van der Waals surface area contributed by atoms with Crippen molar-refractivity contribution in [3.8, 4) is 0 Å². The minimum Gasteiger partial charge on any atom is -0.352 e. The van der Waals surface area contributed by atoms with E-state index in [1.54, 1.807) is 25.1 Å². The summed E-state index contributed by atoms with van der Waals surface area (Å²) in [5.74, 6) is -0.0130. The van der Waals surface area contributed by atoms with Crippen molar-refractivity contribution in [2.24, 2.45) is 0 Å². The van der Waals surface area contributed by atoms with Crippen molar-refractivity contribution in [2.45, 2.75) is 19.9 Å². The summed E-state index contributed by atoms with van der Waals surface area (Å²) in [6, 6.07) is 5.28. The maximum Gasteiger partial charge on any atom is 0.219 e. The molecule has 0 aliphatic heterocycles. The lowest BCUT2D eigenvalue weighted by atomic mass is 10.2. The molecule has 1 aromatic carbocycles. The van der Waals surface area contributed by atoms with E-state index in [2.05, 4.69) is 5.32 Å². The second-order valence-corrected chi connectivity index (χ2v) is 3.64. The molecule has 0 aliphatic rings. The third kappa shape index (κ3) is 2.89. The smallest absolute Gasteiger partial charge is 0.219 e. The summed E-state index contributed by atoms with van der Waals surface area (Å²) in [6.07, 6.45) is 0.460. The van der Waals surface area contributed by atoms with Gasteiger partial charge >= 0.3 is 0 Å². The molecule has 1 amide bonds. The fourth-order valence-electron chi connectivity index (χ4n) is 1.01. The van der Waals surface area contributed by atoms with Crippen LogP contribution in [0.3, 0.4) is 0 Å². The van der Waals surface area contributed by atoms with Crippen molar-refractivity contribution in [1.82, 2.24) is 5.32 Å². The summed E-state index contributed by atoms with van der Waals surface area (Å²) in [5.41, 5.74) is 0.762. The molecule has 0 unspecified atom stereocenters. The van der Waals surface area contributed by atoms with Crippen LogP contribution in [-0.2, 0) is 11.3 Å². The number of hydrogen-bond acceptors (Lipinski definition) is 1. The summed E-state index contributed by atoms with van der Waals surface area (Å²) in [7, 11) is 0. The zero-order valence-electron chi connectivity index (χ0n) is 7.81. The molecule has 0 saturated heterocycles. The molecule has 0 atom stereocenters. The Hall–Kier alpha value is -0.730. The zero-order chi connectivity index (χ0) is 10.6. The lowest BCUT2D eigenvalue weighted by Crippen LogP contribution is -2.21. The highest BCUT2D eigenvalue weighted by Crippen LogP contribution is 2.23. The fourth-order valence-corrected chi connectivity index (χ4v) is 1.54. The molecular weight excluding hydrogens is 221 g/mol. The Morgan fingerprint density at radius 3 is 2.43 bits per heavy atom. The van der Waals surface area contributed by atoms with E-state index >= 15 is 0 Å². The third-order valence-corrected chi connectivity index (χ3v) is 2.55. The molecule has 0 saturated carbocycles. The van der Waals surface area contributed by atoms with Crippen molar-refractivity contribution < 1.29 is 4.79 Å². The molecule has 0 fully saturated rings. The van der Waals surface area contributed by atoms with Gasteiger partial charge in [-0.15, -0.1) is 0 Å². The molecule has 0 radical (unpaired) electrons. The zero-order valence-corrected chi connectivity index (χ0v) is 9.32. The molecular formula is C10H11Cl2NO. The molecule has 2 nitrogen and oxygen atoms in total. The second kappa shape index (κ2) is 5.23. The van der Waals surface area contributed by atoms with Gasteiger partial charge in [0.25, 0.3) is 0 Å². The molecule has 0 spiro atoms. The predicted octanol–water partition coefficient (Wildman–Crippen LogP) is 3.02. The molecule has 0 aromatic heterocycles. The quantitative estimate of drug-likeness (QED) is 0.852. The van der Waals surface area contributed by atoms with Crippen LogP contribution in [0.4, 0.5) is 0 Å². The van der Waals surface area contributed by atoms with Gasteiger partial charge < -0.3 is 5.32 Å². The van der Waals surface area contributed by atoms with E-state index in [0.29, 0.717) is 23.0 Å². The van der Waals surface area contributed by atoms with Crippen LogP contribution in [0, 0.1) is 0 Å². The summed E-state index contributed by atoms with van der Waals surface area (Å²) in [6.45, 7) is 2.18. The fraction of sp³-hybridized carbons (Fsp3) is 0.300. The number of benzene rings is 1. The van der Waals surface area contributed by atoms with Crippen LogP contribution in [0.1, 0.15) is 18.9 Å². The highest BCUT2D eigenvalue weighted by Gasteiger charge is 2.05. The number of halogens is 2. The van der Waals surface area contributed by atoms with Gasteiger partial charge in [-0.05, 0) is 12.1 Å². The highest BCUT2D eigenvalue weighted by molar-refractivity contribution is 6.36. The Morgan fingerprint density at radius 2 is 1.93 bits per heavy atom. The van der Waals surface area contributed by atoms with Crippen LogP contribution in [0.25, 0.3) is 0 Å². The van der Waals surface area contributed by atoms with E-state index in [1.165, 1.54) is 0 Å². The van der Waals surface area contributed by atoms with Gasteiger partial charge in [-0.2, -0.15) is 0 Å². The van der Waals surface area contributed by atoms with Gasteiger partial charge in [0.05, 0.1) is 0 Å². The number of carbonyl (C=O) groups is 1. The Balaban J connectivity index is 2.71. The number of hydrogen-bond donors (Lipinski definition) is 1. The third-order valence-electron chi connectivity index (χ3n) is 1.85. The number of nitrogens with one attached hydrogen (secondary N) is 1. The average Bonchev–Trinajstić information content (AvgIpc) is 2.16. The Bertz CT molecular complexity index is 319. The topological polar surface area (TPSA) is 29.1 Å². The van der Waals surface area contributed by atoms with Crippen molar-refractivity contribution in [1.29, 1.82) is 0 Å². The maximum atomic E-state index is 11.0. The van der Waals surface area contributed by atoms with E-state index in [4.69, 9.17) is 23.2 Å². The largest absolute Gasteiger partial charge is 0.352 e. The number of amides is 1. The van der Waals surface area contributed by atoms with Crippen LogP contribution in [0.2, 0.25) is 10.0 Å². The summed E-state index contributed by atoms with van der Waals surface area (Å²) < 4.78 is 0. The number of carbonyl (C=O) groups excluding carboxylic acids is 1. The standard InChI is InChI=1S/C10H11Cl2NO/c1-2-10(14)13-6-7-8(11)4-3-5-9(7)12/h3-5H,2,6H2,1H3,(H,13,14). The maximum absolute atomic E-state index is 11.0. The molecule has 1 N–H and O–H groups in total. The van der Waals surface area contributed by atoms with Gasteiger partial charge in [-0.3, -0.25) is 4.79 Å². The van der Waals surface area contributed by atoms with E-state index in [9.17, 15) is 4.79 Å². The van der Waals surface area contributed by atoms with Gasteiger partial charge in [0.15, 0.2) is 0 Å². The SMILES string of the molecule is CCC(=O)NCc1c(Cl)cccc1Cl. The lowest BCUT2D eigenvalue weighted by molar-refractivity contribution is -0.120. The first kappa shape index (κ1) is 11.3. The first-order valence-corrected chi connectivity index (χ1v) is 5.10. The van der Waals surface area contributed by atoms with E-state index < -0.39 is 0 Å². The van der Waals surface area contributed by atoms with E-state index in [0.717, 1.165) is 5.56 Å². The van der Waals surface area contributed by atoms with Crippen molar-refractivity contribution >= 4 is 29.1 Å². The second-order valence-electron chi connectivity index (χ2n) is 2.83. The first-order valence-electron chi connectivity index (χ1n) is 4.34. The molecule has 76 valence electrons. The summed E-state index contributed by atoms with van der Waals surface area (Å²) >= 11 is 11.8. The van der Waals surface area contributed by atoms with E-state index in [1.807, 2.05) is 0 Å². The highest BCUT2D eigenvalue weighted by atomic mass is 35.5. The van der Waals surface area contributed by atoms with Crippen molar-refractivity contribution in [2.75, 3.05) is 0 Å². The number of rotatable bonds is 3. The van der Waals surface area contributed by atoms with Crippen LogP contribution in [0.5, 0.6) is 0 Å². The van der Waals surface area contributed by atoms with Crippen LogP contribution >= 0.6 is 23.2 Å². The van der Waals surface area contributed by atoms with Crippen LogP contribution in [-0.4, -0.2) is 5.91 Å². The van der Waals surface area contributed by atoms with Crippen molar-refractivity contribution in [3.05, 3.63) is 33.8 Å². The Labute approximate surface area is 93.2 Å². The van der Waals surface area contributed by atoms with Gasteiger partial charge in [0.1, 0.15) is 0 Å². The molecule has 4 heteroatoms. The minimum atomic E-state index is -0.0130. The lowest BCUT2D eigenvalue weighted by Gasteiger charge is -2.07. The first-order chi connectivity index (χ1) is 6.65. The monoisotopic (exact) mass is 231 g/mol. The molecule has 1 rings (SSSR count). The van der Waals surface area contributed by atoms with E-state index in [-0.39, 0.29) is 5.91 Å². The van der Waals surface area contributed by atoms with Crippen LogP contribution < -0.4 is 5.32 Å². The van der Waals surface area contributed by atoms with Crippen molar-refractivity contribution in [3.63, 3.8) is 0 Å². The van der Waals surface area contributed by atoms with Gasteiger partial charge in [-0.1, -0.05) is 36.2 Å². The normalized spacial score (nSPS) is 9.93. The van der Waals surface area contributed by atoms with Gasteiger partial charge in [-0.25, -0.2) is 0 Å². The average molecular weight is 232 g/mol. The molecule has 0 bridgehead atoms. The van der Waals surface area contributed by atoms with Crippen LogP contribution in [0.15, 0.2) is 18.2 Å². The molecule has 0 aliphatic carbocycles. The molecule has 14 heavy (non-hydrogen) atoms. The predicted molar refractivity (Wildman–Crippen MR) is 58.6 cm³/mol. The minimum absolute atomic E-state index is 0.0130. The van der Waals surface area contributed by atoms with Gasteiger partial charge in [0, 0.05) is 28.6 Å².